The second-order valence-electron chi connectivity index (χ2n) is 8.45. The van der Waals surface area contributed by atoms with Gasteiger partial charge in [-0.3, -0.25) is 9.59 Å². The summed E-state index contributed by atoms with van der Waals surface area (Å²) in [6.07, 6.45) is 7.05. The lowest BCUT2D eigenvalue weighted by Gasteiger charge is -2.10. The molecule has 1 fully saturated rings. The van der Waals surface area contributed by atoms with E-state index in [0.29, 0.717) is 28.4 Å². The Kier molecular flexibility index (Phi) is 6.22. The molecule has 1 aliphatic carbocycles. The zero-order valence-corrected chi connectivity index (χ0v) is 19.0. The summed E-state index contributed by atoms with van der Waals surface area (Å²) in [4.78, 5) is 25.2. The summed E-state index contributed by atoms with van der Waals surface area (Å²) in [5.74, 6) is 0.912. The summed E-state index contributed by atoms with van der Waals surface area (Å²) in [7, 11) is 0. The number of hydrogen-bond acceptors (Lipinski definition) is 5. The molecule has 0 unspecified atom stereocenters. The van der Waals surface area contributed by atoms with Gasteiger partial charge >= 0.3 is 0 Å². The van der Waals surface area contributed by atoms with Crippen LogP contribution < -0.4 is 25.8 Å². The third-order valence-corrected chi connectivity index (χ3v) is 5.73. The molecule has 0 spiro atoms. The van der Waals surface area contributed by atoms with E-state index in [-0.39, 0.29) is 24.6 Å². The molecule has 1 aliphatic heterocycles. The van der Waals surface area contributed by atoms with E-state index in [1.807, 2.05) is 60.7 Å². The van der Waals surface area contributed by atoms with Crippen LogP contribution in [0, 0.1) is 0 Å². The molecule has 1 saturated carbocycles. The molecule has 7 nitrogen and oxygen atoms in total. The largest absolute Gasteiger partial charge is 0.454 e. The monoisotopic (exact) mass is 467 g/mol. The maximum absolute atomic E-state index is 13.0. The Bertz CT molecular complexity index is 1320. The van der Waals surface area contributed by atoms with Gasteiger partial charge in [0.1, 0.15) is 0 Å². The van der Waals surface area contributed by atoms with E-state index in [1.165, 1.54) is 6.08 Å². The van der Waals surface area contributed by atoms with Crippen molar-refractivity contribution in [2.24, 2.45) is 0 Å². The van der Waals surface area contributed by atoms with E-state index in [2.05, 4.69) is 10.6 Å². The topological polar surface area (TPSA) is 103 Å². The van der Waals surface area contributed by atoms with Crippen LogP contribution in [0.5, 0.6) is 11.5 Å². The van der Waals surface area contributed by atoms with E-state index >= 15 is 0 Å². The molecular weight excluding hydrogens is 442 g/mol. The van der Waals surface area contributed by atoms with E-state index < -0.39 is 0 Å². The number of para-hydroxylation sites is 2. The van der Waals surface area contributed by atoms with Crippen LogP contribution in [-0.4, -0.2) is 24.6 Å². The fraction of sp³-hybridized carbons (Fsp3) is 0.143. The first-order chi connectivity index (χ1) is 17.0. The van der Waals surface area contributed by atoms with Crippen molar-refractivity contribution < 1.29 is 19.1 Å². The standard InChI is InChI=1S/C28H25N3O4/c29-23-3-1-2-4-24(23)31-27(32)14-9-18-5-7-19(8-6-18)15-22(28(33)30-21-11-12-21)20-10-13-25-26(16-20)35-17-34-25/h1-10,13-16,21H,11-12,17,29H2,(H,30,33)(H,31,32)/b14-9+,22-15+. The molecule has 0 radical (unpaired) electrons. The molecule has 2 amide bonds. The molecule has 3 aromatic rings. The summed E-state index contributed by atoms with van der Waals surface area (Å²) in [6.45, 7) is 0.178. The lowest BCUT2D eigenvalue weighted by molar-refractivity contribution is -0.115. The fourth-order valence-corrected chi connectivity index (χ4v) is 3.66. The first kappa shape index (κ1) is 22.3. The number of benzene rings is 3. The van der Waals surface area contributed by atoms with Crippen LogP contribution in [0.25, 0.3) is 17.7 Å². The Balaban J connectivity index is 1.32. The molecule has 0 atom stereocenters. The van der Waals surface area contributed by atoms with Gasteiger partial charge in [0.05, 0.1) is 11.4 Å². The number of carbonyl (C=O) groups excluding carboxylic acids is 2. The molecule has 0 aromatic heterocycles. The first-order valence-electron chi connectivity index (χ1n) is 11.4. The van der Waals surface area contributed by atoms with Crippen LogP contribution in [0.15, 0.2) is 72.8 Å². The number of carbonyl (C=O) groups is 2. The van der Waals surface area contributed by atoms with E-state index in [4.69, 9.17) is 15.2 Å². The average molecular weight is 468 g/mol. The second kappa shape index (κ2) is 9.77. The van der Waals surface area contributed by atoms with Gasteiger partial charge < -0.3 is 25.8 Å². The lowest BCUT2D eigenvalue weighted by Crippen LogP contribution is -2.26. The van der Waals surface area contributed by atoms with Gasteiger partial charge in [0.25, 0.3) is 5.91 Å². The molecular formula is C28H25N3O4. The molecule has 2 aliphatic rings. The number of amides is 2. The van der Waals surface area contributed by atoms with E-state index in [1.54, 1.807) is 18.2 Å². The van der Waals surface area contributed by atoms with Gasteiger partial charge in [0.2, 0.25) is 12.7 Å². The zero-order chi connectivity index (χ0) is 24.2. The summed E-state index contributed by atoms with van der Waals surface area (Å²) < 4.78 is 10.9. The molecule has 35 heavy (non-hydrogen) atoms. The highest BCUT2D eigenvalue weighted by Gasteiger charge is 2.26. The van der Waals surface area contributed by atoms with Crippen LogP contribution >= 0.6 is 0 Å². The third kappa shape index (κ3) is 5.52. The average Bonchev–Trinajstić information content (AvgIpc) is 3.55. The highest BCUT2D eigenvalue weighted by atomic mass is 16.7. The molecule has 7 heteroatoms. The highest BCUT2D eigenvalue weighted by Crippen LogP contribution is 2.35. The maximum Gasteiger partial charge on any atom is 0.252 e. The van der Waals surface area contributed by atoms with E-state index in [0.717, 1.165) is 29.5 Å². The van der Waals surface area contributed by atoms with Crippen LogP contribution in [0.4, 0.5) is 11.4 Å². The van der Waals surface area contributed by atoms with Gasteiger partial charge in [-0.15, -0.1) is 0 Å². The van der Waals surface area contributed by atoms with Crippen molar-refractivity contribution in [2.45, 2.75) is 18.9 Å². The fourth-order valence-electron chi connectivity index (χ4n) is 3.66. The van der Waals surface area contributed by atoms with Crippen molar-refractivity contribution in [3.05, 3.63) is 89.5 Å². The van der Waals surface area contributed by atoms with Crippen molar-refractivity contribution in [3.63, 3.8) is 0 Å². The highest BCUT2D eigenvalue weighted by molar-refractivity contribution is 6.24. The van der Waals surface area contributed by atoms with Gasteiger partial charge in [0.15, 0.2) is 11.5 Å². The minimum atomic E-state index is -0.270. The van der Waals surface area contributed by atoms with Crippen molar-refractivity contribution in [2.75, 3.05) is 17.8 Å². The van der Waals surface area contributed by atoms with Crippen LogP contribution in [-0.2, 0) is 9.59 Å². The summed E-state index contributed by atoms with van der Waals surface area (Å²) in [5.41, 5.74) is 9.97. The number of fused-ring (bicyclic) bond motifs is 1. The minimum Gasteiger partial charge on any atom is -0.454 e. The van der Waals surface area contributed by atoms with E-state index in [9.17, 15) is 9.59 Å². The van der Waals surface area contributed by atoms with Crippen molar-refractivity contribution >= 4 is 40.9 Å². The molecule has 1 heterocycles. The van der Waals surface area contributed by atoms with Crippen LogP contribution in [0.1, 0.15) is 29.5 Å². The normalized spacial score (nSPS) is 14.7. The Morgan fingerprint density at radius 3 is 2.43 bits per heavy atom. The second-order valence-corrected chi connectivity index (χ2v) is 8.45. The Morgan fingerprint density at radius 2 is 1.66 bits per heavy atom. The predicted molar refractivity (Wildman–Crippen MR) is 137 cm³/mol. The Morgan fingerprint density at radius 1 is 0.914 bits per heavy atom. The third-order valence-electron chi connectivity index (χ3n) is 5.73. The Hall–Kier alpha value is -4.52. The number of hydrogen-bond donors (Lipinski definition) is 3. The van der Waals surface area contributed by atoms with Crippen molar-refractivity contribution in [1.82, 2.24) is 5.32 Å². The number of nitrogens with one attached hydrogen (secondary N) is 2. The molecule has 176 valence electrons. The van der Waals surface area contributed by atoms with Gasteiger partial charge in [-0.2, -0.15) is 0 Å². The molecule has 0 bridgehead atoms. The number of nitrogen functional groups attached to an aromatic ring is 1. The van der Waals surface area contributed by atoms with Gasteiger partial charge in [-0.25, -0.2) is 0 Å². The van der Waals surface area contributed by atoms with Gasteiger partial charge in [-0.05, 0) is 65.9 Å². The summed E-state index contributed by atoms with van der Waals surface area (Å²) in [6, 6.07) is 20.4. The molecule has 3 aromatic carbocycles. The quantitative estimate of drug-likeness (QED) is 0.270. The summed E-state index contributed by atoms with van der Waals surface area (Å²) >= 11 is 0. The van der Waals surface area contributed by atoms with Gasteiger partial charge in [0, 0.05) is 17.7 Å². The van der Waals surface area contributed by atoms with Crippen LogP contribution in [0.3, 0.4) is 0 Å². The summed E-state index contributed by atoms with van der Waals surface area (Å²) in [5, 5.41) is 5.83. The number of ether oxygens (including phenoxy) is 2. The molecule has 5 rings (SSSR count). The number of anilines is 2. The predicted octanol–water partition coefficient (Wildman–Crippen LogP) is 4.47. The van der Waals surface area contributed by atoms with Crippen molar-refractivity contribution in [3.8, 4) is 11.5 Å². The molecule has 4 N–H and O–H groups in total. The zero-order valence-electron chi connectivity index (χ0n) is 19.0. The van der Waals surface area contributed by atoms with Crippen LogP contribution in [0.2, 0.25) is 0 Å². The Labute approximate surface area is 203 Å². The van der Waals surface area contributed by atoms with Crippen molar-refractivity contribution in [1.29, 1.82) is 0 Å². The SMILES string of the molecule is Nc1ccccc1NC(=O)/C=C/c1ccc(/C=C(/C(=O)NC2CC2)c2ccc3c(c2)OCO3)cc1. The first-order valence-corrected chi connectivity index (χ1v) is 11.4. The minimum absolute atomic E-state index is 0.118. The maximum atomic E-state index is 13.0. The molecule has 0 saturated heterocycles. The lowest BCUT2D eigenvalue weighted by atomic mass is 10.0. The number of rotatable bonds is 7. The number of nitrogens with two attached hydrogens (primary N) is 1. The van der Waals surface area contributed by atoms with Gasteiger partial charge in [-0.1, -0.05) is 42.5 Å². The smallest absolute Gasteiger partial charge is 0.252 e.